The van der Waals surface area contributed by atoms with Crippen molar-refractivity contribution in [2.75, 3.05) is 4.90 Å². The van der Waals surface area contributed by atoms with Gasteiger partial charge < -0.3 is 14.7 Å². The van der Waals surface area contributed by atoms with Crippen LogP contribution in [0, 0.1) is 0 Å². The lowest BCUT2D eigenvalue weighted by atomic mass is 9.85. The van der Waals surface area contributed by atoms with Gasteiger partial charge in [-0.15, -0.1) is 0 Å². The minimum Gasteiger partial charge on any atom is -0.421 e. The number of carbonyl (C=O) groups is 1. The number of aliphatic hydroxyl groups excluding tert-OH is 1. The summed E-state index contributed by atoms with van der Waals surface area (Å²) in [7, 11) is 0. The second kappa shape index (κ2) is 7.89. The zero-order chi connectivity index (χ0) is 21.5. The first-order valence-electron chi connectivity index (χ1n) is 9.75. The maximum absolute atomic E-state index is 12.3. The van der Waals surface area contributed by atoms with E-state index in [9.17, 15) is 9.90 Å². The number of carbonyl (C=O) groups excluding carboxylic acids is 1. The van der Waals surface area contributed by atoms with Crippen molar-refractivity contribution in [3.63, 3.8) is 0 Å². The lowest BCUT2D eigenvalue weighted by molar-refractivity contribution is -0.132. The SMILES string of the molecule is O=C1C=C2C(=C(c3ccccc3)[C@@H](O)[C@H](c3ccccc3)N2c2ccc(Cl)c(Cl)c2)O1. The van der Waals surface area contributed by atoms with Gasteiger partial charge in [-0.25, -0.2) is 4.79 Å². The number of anilines is 1. The average Bonchev–Trinajstić information content (AvgIpc) is 3.16. The summed E-state index contributed by atoms with van der Waals surface area (Å²) < 4.78 is 5.58. The summed E-state index contributed by atoms with van der Waals surface area (Å²) in [6.07, 6.45) is 0.472. The van der Waals surface area contributed by atoms with Gasteiger partial charge in [0.05, 0.1) is 27.9 Å². The molecule has 6 heteroatoms. The van der Waals surface area contributed by atoms with Crippen LogP contribution in [0.1, 0.15) is 17.2 Å². The maximum Gasteiger partial charge on any atom is 0.338 e. The molecule has 5 rings (SSSR count). The van der Waals surface area contributed by atoms with E-state index in [0.717, 1.165) is 11.1 Å². The summed E-state index contributed by atoms with van der Waals surface area (Å²) in [5.74, 6) is -0.133. The van der Waals surface area contributed by atoms with E-state index in [-0.39, 0.29) is 0 Å². The summed E-state index contributed by atoms with van der Waals surface area (Å²) in [5, 5.41) is 12.5. The van der Waals surface area contributed by atoms with Gasteiger partial charge >= 0.3 is 5.97 Å². The van der Waals surface area contributed by atoms with Crippen molar-refractivity contribution in [2.45, 2.75) is 12.1 Å². The van der Waals surface area contributed by atoms with Gasteiger partial charge in [-0.3, -0.25) is 0 Å². The van der Waals surface area contributed by atoms with Crippen molar-refractivity contribution >= 4 is 40.4 Å². The van der Waals surface area contributed by atoms with Gasteiger partial charge in [-0.1, -0.05) is 83.9 Å². The number of hydrogen-bond acceptors (Lipinski definition) is 4. The van der Waals surface area contributed by atoms with Gasteiger partial charge in [0.2, 0.25) is 0 Å². The van der Waals surface area contributed by atoms with Crippen molar-refractivity contribution in [1.82, 2.24) is 0 Å². The Labute approximate surface area is 189 Å². The predicted octanol–water partition coefficient (Wildman–Crippen LogP) is 5.77. The van der Waals surface area contributed by atoms with Gasteiger partial charge in [0.25, 0.3) is 0 Å². The van der Waals surface area contributed by atoms with Crippen LogP contribution < -0.4 is 4.90 Å². The molecule has 31 heavy (non-hydrogen) atoms. The Balaban J connectivity index is 1.78. The average molecular weight is 450 g/mol. The fourth-order valence-electron chi connectivity index (χ4n) is 4.15. The summed E-state index contributed by atoms with van der Waals surface area (Å²) >= 11 is 12.4. The number of benzene rings is 3. The first-order valence-corrected chi connectivity index (χ1v) is 10.5. The molecule has 2 aliphatic heterocycles. The number of aliphatic hydroxyl groups is 1. The molecule has 0 spiro atoms. The highest BCUT2D eigenvalue weighted by Gasteiger charge is 2.44. The first kappa shape index (κ1) is 19.9. The van der Waals surface area contributed by atoms with E-state index < -0.39 is 18.1 Å². The molecule has 2 heterocycles. The second-order valence-corrected chi connectivity index (χ2v) is 8.14. The number of nitrogens with zero attached hydrogens (tertiary/aromatic N) is 1. The van der Waals surface area contributed by atoms with Crippen molar-refractivity contribution in [2.24, 2.45) is 0 Å². The Morgan fingerprint density at radius 3 is 2.23 bits per heavy atom. The monoisotopic (exact) mass is 449 g/mol. The molecule has 154 valence electrons. The van der Waals surface area contributed by atoms with Crippen LogP contribution in [0.3, 0.4) is 0 Å². The highest BCUT2D eigenvalue weighted by atomic mass is 35.5. The Hall–Kier alpha value is -3.05. The molecule has 4 nitrogen and oxygen atoms in total. The van der Waals surface area contributed by atoms with Crippen LogP contribution in [0.25, 0.3) is 5.57 Å². The Morgan fingerprint density at radius 1 is 0.871 bits per heavy atom. The Morgan fingerprint density at radius 2 is 1.55 bits per heavy atom. The van der Waals surface area contributed by atoms with Crippen molar-refractivity contribution in [3.05, 3.63) is 118 Å². The molecule has 0 bridgehead atoms. The first-order chi connectivity index (χ1) is 15.0. The van der Waals surface area contributed by atoms with Crippen molar-refractivity contribution < 1.29 is 14.6 Å². The maximum atomic E-state index is 12.3. The van der Waals surface area contributed by atoms with Crippen molar-refractivity contribution in [3.8, 4) is 0 Å². The summed E-state index contributed by atoms with van der Waals surface area (Å²) in [6, 6.07) is 23.8. The molecule has 0 saturated heterocycles. The van der Waals surface area contributed by atoms with E-state index in [2.05, 4.69) is 0 Å². The van der Waals surface area contributed by atoms with E-state index in [4.69, 9.17) is 27.9 Å². The minimum absolute atomic E-state index is 0.349. The standard InChI is InChI=1S/C25H17Cl2NO3/c26-18-12-11-17(13-19(18)27)28-20-14-21(29)31-25(20)22(15-7-3-1-4-8-15)24(30)23(28)16-9-5-2-6-10-16/h1-14,23-24,30H/t23-,24+/m0/s1. The van der Waals surface area contributed by atoms with E-state index in [1.54, 1.807) is 12.1 Å². The molecule has 0 unspecified atom stereocenters. The molecule has 0 aliphatic carbocycles. The van der Waals surface area contributed by atoms with E-state index in [1.165, 1.54) is 6.08 Å². The van der Waals surface area contributed by atoms with Gasteiger partial charge in [-0.2, -0.15) is 0 Å². The van der Waals surface area contributed by atoms with Crippen LogP contribution in [0.4, 0.5) is 5.69 Å². The van der Waals surface area contributed by atoms with Crippen LogP contribution in [0.15, 0.2) is 96.4 Å². The molecule has 2 atom stereocenters. The molecule has 0 radical (unpaired) electrons. The lowest BCUT2D eigenvalue weighted by Gasteiger charge is -2.42. The highest BCUT2D eigenvalue weighted by molar-refractivity contribution is 6.42. The zero-order valence-corrected chi connectivity index (χ0v) is 17.7. The van der Waals surface area contributed by atoms with E-state index >= 15 is 0 Å². The molecular weight excluding hydrogens is 433 g/mol. The minimum atomic E-state index is -0.975. The molecule has 3 aromatic rings. The second-order valence-electron chi connectivity index (χ2n) is 7.33. The molecule has 2 aliphatic rings. The number of ether oxygens (including phenoxy) is 1. The smallest absolute Gasteiger partial charge is 0.338 e. The van der Waals surface area contributed by atoms with Crippen LogP contribution in [0.5, 0.6) is 0 Å². The van der Waals surface area contributed by atoms with Crippen LogP contribution in [-0.2, 0) is 9.53 Å². The van der Waals surface area contributed by atoms with Gasteiger partial charge in [0, 0.05) is 11.3 Å². The Bertz CT molecular complexity index is 1220. The molecule has 1 N–H and O–H groups in total. The summed E-state index contributed by atoms with van der Waals surface area (Å²) in [5.41, 5.74) is 3.51. The molecule has 3 aromatic carbocycles. The molecule has 0 amide bonds. The van der Waals surface area contributed by atoms with Crippen LogP contribution >= 0.6 is 23.2 Å². The van der Waals surface area contributed by atoms with Gasteiger partial charge in [0.1, 0.15) is 6.10 Å². The highest BCUT2D eigenvalue weighted by Crippen LogP contribution is 2.48. The number of esters is 1. The normalized spacial score (nSPS) is 20.4. The zero-order valence-electron chi connectivity index (χ0n) is 16.2. The number of hydrogen-bond donors (Lipinski definition) is 1. The third-order valence-electron chi connectivity index (χ3n) is 5.47. The molecule has 0 fully saturated rings. The molecular formula is C25H17Cl2NO3. The van der Waals surface area contributed by atoms with E-state index in [1.807, 2.05) is 71.6 Å². The summed E-state index contributed by atoms with van der Waals surface area (Å²) in [6.45, 7) is 0. The predicted molar refractivity (Wildman–Crippen MR) is 122 cm³/mol. The number of halogens is 2. The number of rotatable bonds is 3. The molecule has 0 saturated carbocycles. The largest absolute Gasteiger partial charge is 0.421 e. The van der Waals surface area contributed by atoms with E-state index in [0.29, 0.717) is 32.8 Å². The fourth-order valence-corrected chi connectivity index (χ4v) is 4.44. The van der Waals surface area contributed by atoms with Gasteiger partial charge in [-0.05, 0) is 29.3 Å². The fraction of sp³-hybridized carbons (Fsp3) is 0.0800. The lowest BCUT2D eigenvalue weighted by Crippen LogP contribution is -2.41. The summed E-state index contributed by atoms with van der Waals surface area (Å²) in [4.78, 5) is 14.2. The van der Waals surface area contributed by atoms with Crippen LogP contribution in [0.2, 0.25) is 10.0 Å². The van der Waals surface area contributed by atoms with Gasteiger partial charge in [0.15, 0.2) is 5.76 Å². The van der Waals surface area contributed by atoms with Crippen molar-refractivity contribution in [1.29, 1.82) is 0 Å². The third-order valence-corrected chi connectivity index (χ3v) is 6.21. The topological polar surface area (TPSA) is 49.8 Å². The molecule has 0 aromatic heterocycles. The van der Waals surface area contributed by atoms with Crippen LogP contribution in [-0.4, -0.2) is 17.2 Å². The Kier molecular flexibility index (Phi) is 5.06. The quantitative estimate of drug-likeness (QED) is 0.515. The third kappa shape index (κ3) is 3.43. The number of fused-ring (bicyclic) bond motifs is 1.